The van der Waals surface area contributed by atoms with Crippen molar-refractivity contribution >= 4 is 77.8 Å². The van der Waals surface area contributed by atoms with Crippen LogP contribution in [-0.2, 0) is 76.2 Å². The van der Waals surface area contributed by atoms with Crippen LogP contribution in [0.3, 0.4) is 0 Å². The van der Waals surface area contributed by atoms with Gasteiger partial charge in [-0.25, -0.2) is 47.9 Å². The van der Waals surface area contributed by atoms with Crippen molar-refractivity contribution in [3.63, 3.8) is 0 Å². The monoisotopic (exact) mass is 1810 g/mol. The van der Waals surface area contributed by atoms with Gasteiger partial charge in [-0.3, -0.25) is 14.4 Å². The van der Waals surface area contributed by atoms with E-state index in [-0.39, 0.29) is 194 Å². The Morgan fingerprint density at radius 1 is 0.325 bits per heavy atom. The number of esters is 7. The molecule has 0 radical (unpaired) electrons. The standard InChI is InChI=1S/C19H35NO3.C17H30N2O6.C17H20O6.C12H22N2O3.C11H20N2O3.C8H15NO.12CH4/c1-4-17(3)23-19(22)15-13-11-9-7-6-8-10-12-14-16-20-18(21)5-2;1-4-14(3)25-17(22)19-11-9-7-6-8-10-18-16(21)24-13-12-23-15(20)5-2;1-4-12(3)23-17(20)14-9-7-6-8-13(14)16(19)22-11-10-21-15(18)5-2;1-5-10(4)8-14-12(16)13-6-7-17-11(15)9(2)3;1-4-9(3)8-13-11(15)12-6-7-16-10(14)5-2;1-4-7(3)6-9-8(10)5-2;;;;;;;;;;;;/h5,17H,2,4,6-16H2,1,3H3,(H,20,21);5,14H,2,4,6-13H2,1,3H3,(H,18,21)(H,19,22);5-9,12H,2,4,10-11H2,1,3H3;10H,2,5-8H2,1,3-4H3,(H2,13,14,16);5,9H,2,4,6-8H2,1,3H3,(H2,12,13,15);5,7H,2,4,6H2,1,3H3,(H,9,10);12*1H4. The van der Waals surface area contributed by atoms with Gasteiger partial charge in [0.25, 0.3) is 0 Å². The van der Waals surface area contributed by atoms with E-state index in [2.05, 4.69) is 133 Å². The van der Waals surface area contributed by atoms with Crippen molar-refractivity contribution in [1.29, 1.82) is 0 Å². The normalized spacial score (nSPS) is 10.4. The van der Waals surface area contributed by atoms with Gasteiger partial charge in [-0.15, -0.1) is 0 Å². The van der Waals surface area contributed by atoms with Gasteiger partial charge < -0.3 is 85.2 Å². The Balaban J connectivity index is -0.0000000752. The number of carbonyl (C=O) groups excluding carboxylic acids is 13. The van der Waals surface area contributed by atoms with Gasteiger partial charge in [-0.1, -0.05) is 280 Å². The molecule has 6 unspecified atom stereocenters. The number of carbonyl (C=O) groups is 13. The van der Waals surface area contributed by atoms with Crippen LogP contribution in [0.5, 0.6) is 0 Å². The Hall–Kier alpha value is -10.0. The minimum Gasteiger partial charge on any atom is -0.463 e. The Labute approximate surface area is 768 Å². The largest absolute Gasteiger partial charge is 0.463 e. The molecule has 1 aromatic rings. The zero-order chi connectivity index (χ0) is 87.1. The summed E-state index contributed by atoms with van der Waals surface area (Å²) in [6.45, 7) is 50.0. The lowest BCUT2D eigenvalue weighted by atomic mass is 10.1. The predicted molar refractivity (Wildman–Crippen MR) is 524 cm³/mol. The van der Waals surface area contributed by atoms with E-state index in [4.69, 9.17) is 33.2 Å². The van der Waals surface area contributed by atoms with E-state index in [9.17, 15) is 62.3 Å². The van der Waals surface area contributed by atoms with E-state index in [0.717, 1.165) is 108 Å². The Kier molecular flexibility index (Phi) is 138. The molecule has 0 aliphatic heterocycles. The molecular weight excluding hydrogens is 1620 g/mol. The number of alkyl carbamates (subject to hydrolysis) is 2. The number of nitrogens with one attached hydrogen (secondary N) is 8. The molecule has 746 valence electrons. The maximum atomic E-state index is 12.1. The average molecular weight is 1810 g/mol. The highest BCUT2D eigenvalue weighted by molar-refractivity contribution is 6.03. The molecule has 126 heavy (non-hydrogen) atoms. The third kappa shape index (κ3) is 108. The van der Waals surface area contributed by atoms with Crippen molar-refractivity contribution in [2.45, 2.75) is 326 Å². The molecule has 0 aliphatic carbocycles. The van der Waals surface area contributed by atoms with E-state index < -0.39 is 41.9 Å². The summed E-state index contributed by atoms with van der Waals surface area (Å²) in [6.07, 6.45) is 24.6. The summed E-state index contributed by atoms with van der Waals surface area (Å²) in [5.74, 6) is -2.07. The SMILES string of the molecule is C.C.C.C.C.C.C.C.C.C.C.C.C=C(C)C(=O)OCCNC(=O)NCC(C)CC.C=CC(=O)NCC(C)CC.C=CC(=O)NCCCCCCCCCCCC(=O)OC(C)CC.C=CC(=O)OCCNC(=O)NCC(C)CC.C=CC(=O)OCCOC(=O)NCCCCCCNC(=O)OC(C)CC.C=CC(=O)OCCOC(=O)c1ccccc1C(=O)OC(C)CC. The van der Waals surface area contributed by atoms with E-state index >= 15 is 0 Å². The summed E-state index contributed by atoms with van der Waals surface area (Å²) in [5.41, 5.74) is 0.600. The molecule has 30 nitrogen and oxygen atoms in total. The molecule has 0 spiro atoms. The van der Waals surface area contributed by atoms with Crippen molar-refractivity contribution in [3.8, 4) is 0 Å². The fourth-order valence-electron chi connectivity index (χ4n) is 7.79. The summed E-state index contributed by atoms with van der Waals surface area (Å²) in [6, 6.07) is 5.75. The number of hydrogen-bond acceptors (Lipinski definition) is 22. The van der Waals surface area contributed by atoms with Crippen LogP contribution in [0.4, 0.5) is 19.2 Å². The number of ether oxygens (including phenoxy) is 9. The predicted octanol–water partition coefficient (Wildman–Crippen LogP) is 21.1. The Morgan fingerprint density at radius 3 is 1.02 bits per heavy atom. The average Bonchev–Trinajstić information content (AvgIpc) is 0.840. The molecule has 0 bridgehead atoms. The summed E-state index contributed by atoms with van der Waals surface area (Å²) >= 11 is 0. The van der Waals surface area contributed by atoms with Crippen LogP contribution in [0.25, 0.3) is 0 Å². The Bertz CT molecular complexity index is 2910. The highest BCUT2D eigenvalue weighted by Gasteiger charge is 2.21. The number of unbranched alkanes of at least 4 members (excludes halogenated alkanes) is 11. The second kappa shape index (κ2) is 111. The maximum Gasteiger partial charge on any atom is 0.407 e. The fraction of sp³-hybridized carbons (Fsp3) is 0.677. The zero-order valence-corrected chi connectivity index (χ0v) is 70.9. The summed E-state index contributed by atoms with van der Waals surface area (Å²) < 4.78 is 44.2. The molecule has 0 saturated carbocycles. The zero-order valence-electron chi connectivity index (χ0n) is 70.9. The van der Waals surface area contributed by atoms with E-state index in [1.165, 1.54) is 62.8 Å². The quantitative estimate of drug-likeness (QED) is 0.0130. The van der Waals surface area contributed by atoms with Gasteiger partial charge in [0.15, 0.2) is 0 Å². The first-order chi connectivity index (χ1) is 54.3. The highest BCUT2D eigenvalue weighted by atomic mass is 16.6. The molecule has 8 amide bonds. The second-order valence-electron chi connectivity index (χ2n) is 26.3. The van der Waals surface area contributed by atoms with Crippen LogP contribution in [0.15, 0.2) is 99.7 Å². The highest BCUT2D eigenvalue weighted by Crippen LogP contribution is 2.15. The van der Waals surface area contributed by atoms with Gasteiger partial charge in [0.05, 0.1) is 36.4 Å². The molecule has 8 N–H and O–H groups in total. The van der Waals surface area contributed by atoms with Gasteiger partial charge >= 0.3 is 66.0 Å². The molecule has 1 aromatic carbocycles. The van der Waals surface area contributed by atoms with Crippen LogP contribution in [-0.4, -0.2) is 188 Å². The van der Waals surface area contributed by atoms with E-state index in [1.54, 1.807) is 26.0 Å². The van der Waals surface area contributed by atoms with Gasteiger partial charge in [0.1, 0.15) is 45.7 Å². The summed E-state index contributed by atoms with van der Waals surface area (Å²) in [7, 11) is 0. The van der Waals surface area contributed by atoms with Crippen molar-refractivity contribution in [1.82, 2.24) is 42.5 Å². The first kappa shape index (κ1) is 156. The van der Waals surface area contributed by atoms with Crippen molar-refractivity contribution in [3.05, 3.63) is 111 Å². The van der Waals surface area contributed by atoms with Gasteiger partial charge in [0.2, 0.25) is 11.8 Å². The van der Waals surface area contributed by atoms with Crippen LogP contribution in [0, 0.1) is 17.8 Å². The lowest BCUT2D eigenvalue weighted by molar-refractivity contribution is -0.148. The van der Waals surface area contributed by atoms with Gasteiger partial charge in [0, 0.05) is 69.5 Å². The van der Waals surface area contributed by atoms with Gasteiger partial charge in [-0.05, 0) is 115 Å². The molecule has 0 aromatic heterocycles. The van der Waals surface area contributed by atoms with Gasteiger partial charge in [-0.2, -0.15) is 0 Å². The number of benzene rings is 1. The van der Waals surface area contributed by atoms with Crippen molar-refractivity contribution < 1.29 is 105 Å². The molecular formula is C96H190N8O22. The van der Waals surface area contributed by atoms with Crippen LogP contribution in [0.2, 0.25) is 0 Å². The summed E-state index contributed by atoms with van der Waals surface area (Å²) in [5, 5.41) is 21.5. The van der Waals surface area contributed by atoms with Crippen LogP contribution in [0.1, 0.15) is 328 Å². The number of rotatable bonds is 54. The Morgan fingerprint density at radius 2 is 0.643 bits per heavy atom. The number of urea groups is 2. The molecule has 1 rings (SSSR count). The smallest absolute Gasteiger partial charge is 0.407 e. The maximum absolute atomic E-state index is 12.1. The van der Waals surface area contributed by atoms with Crippen molar-refractivity contribution in [2.24, 2.45) is 17.8 Å². The number of hydrogen-bond donors (Lipinski definition) is 8. The van der Waals surface area contributed by atoms with Crippen molar-refractivity contribution in [2.75, 3.05) is 92.0 Å². The molecule has 30 heteroatoms. The lowest BCUT2D eigenvalue weighted by Crippen LogP contribution is -2.39. The van der Waals surface area contributed by atoms with Crippen LogP contribution < -0.4 is 42.5 Å². The fourth-order valence-corrected chi connectivity index (χ4v) is 7.79. The second-order valence-corrected chi connectivity index (χ2v) is 26.3. The first-order valence-corrected chi connectivity index (χ1v) is 39.9. The molecule has 0 saturated heterocycles. The third-order valence-electron chi connectivity index (χ3n) is 16.1. The topological polar surface area (TPSA) is 401 Å². The van der Waals surface area contributed by atoms with E-state index in [0.29, 0.717) is 75.4 Å². The molecule has 0 heterocycles. The lowest BCUT2D eigenvalue weighted by Gasteiger charge is -2.13. The van der Waals surface area contributed by atoms with E-state index in [1.807, 2.05) is 34.6 Å². The summed E-state index contributed by atoms with van der Waals surface area (Å²) in [4.78, 5) is 146. The first-order valence-electron chi connectivity index (χ1n) is 39.9. The van der Waals surface area contributed by atoms with Crippen LogP contribution >= 0.6 is 0 Å². The molecule has 0 fully saturated rings. The minimum absolute atomic E-state index is 0. The minimum atomic E-state index is -0.684. The number of amides is 8. The third-order valence-corrected chi connectivity index (χ3v) is 16.1. The molecule has 6 atom stereocenters. The molecule has 0 aliphatic rings.